The van der Waals surface area contributed by atoms with Crippen molar-refractivity contribution in [1.29, 1.82) is 0 Å². The SMILES string of the molecule is CC1=Nc2ccccc2C1=Cc1c(O)n(-c2ccc(Cl)cc2)[nH]c1=O. The third kappa shape index (κ3) is 2.58. The van der Waals surface area contributed by atoms with E-state index in [0.717, 1.165) is 22.5 Å². The van der Waals surface area contributed by atoms with Gasteiger partial charge in [0.15, 0.2) is 0 Å². The molecule has 1 aromatic heterocycles. The molecule has 1 aliphatic heterocycles. The summed E-state index contributed by atoms with van der Waals surface area (Å²) in [6.07, 6.45) is 1.67. The Bertz CT molecular complexity index is 1090. The van der Waals surface area contributed by atoms with Gasteiger partial charge in [-0.1, -0.05) is 29.8 Å². The molecule has 6 heteroatoms. The number of aromatic nitrogens is 2. The molecule has 5 nitrogen and oxygen atoms in total. The van der Waals surface area contributed by atoms with Crippen molar-refractivity contribution in [3.05, 3.63) is 75.0 Å². The number of benzene rings is 2. The van der Waals surface area contributed by atoms with Gasteiger partial charge in [-0.15, -0.1) is 0 Å². The third-order valence-electron chi connectivity index (χ3n) is 4.16. The first-order valence-electron chi connectivity index (χ1n) is 7.71. The first-order chi connectivity index (χ1) is 12.0. The van der Waals surface area contributed by atoms with Crippen LogP contribution in [0.15, 0.2) is 58.3 Å². The van der Waals surface area contributed by atoms with E-state index in [1.807, 2.05) is 31.2 Å². The van der Waals surface area contributed by atoms with E-state index in [0.29, 0.717) is 10.7 Å². The van der Waals surface area contributed by atoms with Crippen LogP contribution < -0.4 is 5.56 Å². The fourth-order valence-electron chi connectivity index (χ4n) is 2.91. The minimum atomic E-state index is -0.378. The number of aromatic amines is 1. The van der Waals surface area contributed by atoms with Crippen LogP contribution in [-0.2, 0) is 0 Å². The molecule has 2 aromatic carbocycles. The van der Waals surface area contributed by atoms with Gasteiger partial charge >= 0.3 is 0 Å². The van der Waals surface area contributed by atoms with Crippen molar-refractivity contribution < 1.29 is 5.11 Å². The molecule has 2 heterocycles. The molecule has 4 rings (SSSR count). The Hall–Kier alpha value is -3.05. The van der Waals surface area contributed by atoms with Crippen molar-refractivity contribution in [2.45, 2.75) is 6.92 Å². The van der Waals surface area contributed by atoms with Crippen LogP contribution >= 0.6 is 11.6 Å². The monoisotopic (exact) mass is 351 g/mol. The van der Waals surface area contributed by atoms with Crippen molar-refractivity contribution in [3.63, 3.8) is 0 Å². The number of hydrogen-bond acceptors (Lipinski definition) is 3. The third-order valence-corrected chi connectivity index (χ3v) is 4.41. The van der Waals surface area contributed by atoms with Crippen molar-refractivity contribution in [3.8, 4) is 11.6 Å². The number of para-hydroxylation sites is 1. The van der Waals surface area contributed by atoms with Gasteiger partial charge in [-0.3, -0.25) is 14.9 Å². The summed E-state index contributed by atoms with van der Waals surface area (Å²) in [6, 6.07) is 14.5. The highest BCUT2D eigenvalue weighted by atomic mass is 35.5. The average Bonchev–Trinajstić information content (AvgIpc) is 3.07. The number of aromatic hydroxyl groups is 1. The lowest BCUT2D eigenvalue weighted by Crippen LogP contribution is -2.05. The number of halogens is 1. The number of nitrogens with one attached hydrogen (secondary N) is 1. The van der Waals surface area contributed by atoms with Crippen LogP contribution in [0.25, 0.3) is 17.3 Å². The van der Waals surface area contributed by atoms with Crippen LogP contribution in [0.3, 0.4) is 0 Å². The van der Waals surface area contributed by atoms with Crippen molar-refractivity contribution in [1.82, 2.24) is 9.78 Å². The molecule has 0 aliphatic carbocycles. The highest BCUT2D eigenvalue weighted by Crippen LogP contribution is 2.36. The second-order valence-corrected chi connectivity index (χ2v) is 6.20. The first-order valence-corrected chi connectivity index (χ1v) is 8.09. The van der Waals surface area contributed by atoms with Crippen LogP contribution in [0.2, 0.25) is 5.02 Å². The van der Waals surface area contributed by atoms with Gasteiger partial charge < -0.3 is 5.11 Å². The minimum absolute atomic E-state index is 0.156. The average molecular weight is 352 g/mol. The van der Waals surface area contributed by atoms with Gasteiger partial charge in [-0.05, 0) is 43.3 Å². The summed E-state index contributed by atoms with van der Waals surface area (Å²) in [6.45, 7) is 1.88. The maximum absolute atomic E-state index is 12.4. The predicted octanol–water partition coefficient (Wildman–Crippen LogP) is 4.17. The van der Waals surface area contributed by atoms with Crippen LogP contribution in [0.4, 0.5) is 5.69 Å². The Morgan fingerprint density at radius 3 is 2.64 bits per heavy atom. The summed E-state index contributed by atoms with van der Waals surface area (Å²) in [5.41, 5.74) is 3.86. The largest absolute Gasteiger partial charge is 0.493 e. The van der Waals surface area contributed by atoms with Crippen LogP contribution in [0.1, 0.15) is 18.1 Å². The molecule has 0 spiro atoms. The van der Waals surface area contributed by atoms with Gasteiger partial charge in [0.2, 0.25) is 5.88 Å². The molecule has 0 unspecified atom stereocenters. The Balaban J connectivity index is 1.84. The Labute approximate surface area is 148 Å². The molecular weight excluding hydrogens is 338 g/mol. The summed E-state index contributed by atoms with van der Waals surface area (Å²) < 4.78 is 1.33. The number of rotatable bonds is 2. The van der Waals surface area contributed by atoms with Crippen LogP contribution in [0.5, 0.6) is 5.88 Å². The van der Waals surface area contributed by atoms with Gasteiger partial charge in [0, 0.05) is 21.9 Å². The summed E-state index contributed by atoms with van der Waals surface area (Å²) in [4.78, 5) is 16.9. The zero-order valence-corrected chi connectivity index (χ0v) is 14.1. The number of aliphatic imine (C=N–C) groups is 1. The summed E-state index contributed by atoms with van der Waals surface area (Å²) >= 11 is 5.89. The van der Waals surface area contributed by atoms with E-state index >= 15 is 0 Å². The summed E-state index contributed by atoms with van der Waals surface area (Å²) in [7, 11) is 0. The van der Waals surface area contributed by atoms with E-state index in [-0.39, 0.29) is 17.0 Å². The highest BCUT2D eigenvalue weighted by molar-refractivity contribution is 6.31. The van der Waals surface area contributed by atoms with E-state index in [2.05, 4.69) is 10.1 Å². The molecule has 124 valence electrons. The van der Waals surface area contributed by atoms with E-state index < -0.39 is 0 Å². The molecule has 0 saturated heterocycles. The zero-order valence-electron chi connectivity index (χ0n) is 13.3. The second kappa shape index (κ2) is 5.79. The number of H-pyrrole nitrogens is 1. The van der Waals surface area contributed by atoms with Gasteiger partial charge in [-0.2, -0.15) is 0 Å². The highest BCUT2D eigenvalue weighted by Gasteiger charge is 2.20. The van der Waals surface area contributed by atoms with E-state index in [1.165, 1.54) is 4.68 Å². The molecule has 0 fully saturated rings. The van der Waals surface area contributed by atoms with Crippen molar-refractivity contribution in [2.75, 3.05) is 0 Å². The Morgan fingerprint density at radius 2 is 1.88 bits per heavy atom. The molecule has 1 aliphatic rings. The minimum Gasteiger partial charge on any atom is -0.493 e. The van der Waals surface area contributed by atoms with Gasteiger partial charge in [0.25, 0.3) is 5.56 Å². The molecule has 0 atom stereocenters. The molecule has 3 aromatic rings. The lowest BCUT2D eigenvalue weighted by Gasteiger charge is -2.04. The molecule has 0 radical (unpaired) electrons. The lowest BCUT2D eigenvalue weighted by atomic mass is 10.0. The number of hydrogen-bond donors (Lipinski definition) is 2. The molecule has 0 bridgehead atoms. The summed E-state index contributed by atoms with van der Waals surface area (Å²) in [5.74, 6) is -0.156. The van der Waals surface area contributed by atoms with Crippen LogP contribution in [0, 0.1) is 0 Å². The standard InChI is InChI=1S/C19H14ClN3O2/c1-11-15(14-4-2-3-5-17(14)21-11)10-16-18(24)22-23(19(16)25)13-8-6-12(20)7-9-13/h2-10,25H,1H3,(H,22,24). The van der Waals surface area contributed by atoms with Gasteiger partial charge in [-0.25, -0.2) is 4.68 Å². The molecule has 25 heavy (non-hydrogen) atoms. The van der Waals surface area contributed by atoms with Gasteiger partial charge in [0.1, 0.15) is 5.56 Å². The molecule has 0 amide bonds. The lowest BCUT2D eigenvalue weighted by molar-refractivity contribution is 0.432. The fraction of sp³-hybridized carbons (Fsp3) is 0.0526. The molecule has 0 saturated carbocycles. The van der Waals surface area contributed by atoms with Crippen molar-refractivity contribution in [2.24, 2.45) is 4.99 Å². The first kappa shape index (κ1) is 15.5. The Morgan fingerprint density at radius 1 is 1.16 bits per heavy atom. The van der Waals surface area contributed by atoms with E-state index in [4.69, 9.17) is 11.6 Å². The smallest absolute Gasteiger partial charge is 0.275 e. The fourth-order valence-corrected chi connectivity index (χ4v) is 3.03. The maximum atomic E-state index is 12.4. The zero-order chi connectivity index (χ0) is 17.6. The number of allylic oxidation sites excluding steroid dienone is 1. The number of fused-ring (bicyclic) bond motifs is 1. The predicted molar refractivity (Wildman–Crippen MR) is 100 cm³/mol. The number of nitrogens with zero attached hydrogens (tertiary/aromatic N) is 2. The van der Waals surface area contributed by atoms with Crippen LogP contribution in [-0.4, -0.2) is 20.6 Å². The second-order valence-electron chi connectivity index (χ2n) is 5.76. The maximum Gasteiger partial charge on any atom is 0.275 e. The molecule has 2 N–H and O–H groups in total. The van der Waals surface area contributed by atoms with Crippen molar-refractivity contribution >= 4 is 34.6 Å². The Kier molecular flexibility index (Phi) is 3.58. The quantitative estimate of drug-likeness (QED) is 0.727. The normalized spacial score (nSPS) is 14.6. The molecular formula is C19H14ClN3O2. The topological polar surface area (TPSA) is 70.4 Å². The summed E-state index contributed by atoms with van der Waals surface area (Å²) in [5, 5.41) is 13.8. The van der Waals surface area contributed by atoms with E-state index in [9.17, 15) is 9.90 Å². The van der Waals surface area contributed by atoms with E-state index in [1.54, 1.807) is 30.3 Å². The van der Waals surface area contributed by atoms with Gasteiger partial charge in [0.05, 0.1) is 11.4 Å².